The van der Waals surface area contributed by atoms with E-state index < -0.39 is 17.4 Å². The zero-order valence-corrected chi connectivity index (χ0v) is 29.7. The number of aromatic nitrogens is 2. The number of amides is 3. The molecule has 0 bridgehead atoms. The quantitative estimate of drug-likeness (QED) is 0.265. The molecule has 52 heavy (non-hydrogen) atoms. The summed E-state index contributed by atoms with van der Waals surface area (Å²) in [6.45, 7) is 5.32. The third kappa shape index (κ3) is 9.19. The van der Waals surface area contributed by atoms with Crippen molar-refractivity contribution in [3.05, 3.63) is 58.1 Å². The van der Waals surface area contributed by atoms with Crippen molar-refractivity contribution >= 4 is 52.5 Å². The number of thioether (sulfide) groups is 1. The van der Waals surface area contributed by atoms with Gasteiger partial charge in [0.25, 0.3) is 12.0 Å². The number of carboxylic acid groups (broad SMARTS) is 1. The summed E-state index contributed by atoms with van der Waals surface area (Å²) in [5.74, 6) is 0.481. The van der Waals surface area contributed by atoms with Crippen LogP contribution in [-0.2, 0) is 20.1 Å². The number of ether oxygens (including phenoxy) is 2. The first-order chi connectivity index (χ1) is 25.2. The van der Waals surface area contributed by atoms with Crippen molar-refractivity contribution in [3.63, 3.8) is 0 Å². The van der Waals surface area contributed by atoms with E-state index in [2.05, 4.69) is 25.1 Å². The lowest BCUT2D eigenvalue weighted by Gasteiger charge is -2.42. The molecule has 3 amide bonds. The van der Waals surface area contributed by atoms with E-state index in [1.54, 1.807) is 30.0 Å². The summed E-state index contributed by atoms with van der Waals surface area (Å²) in [6.07, 6.45) is 5.92. The minimum atomic E-state index is -0.631. The van der Waals surface area contributed by atoms with Gasteiger partial charge in [0, 0.05) is 68.4 Å². The van der Waals surface area contributed by atoms with Crippen molar-refractivity contribution in [2.45, 2.75) is 62.0 Å². The Morgan fingerprint density at radius 1 is 0.962 bits per heavy atom. The maximum atomic E-state index is 15.2. The molecule has 4 fully saturated rings. The number of hydrogen-bond donors (Lipinski definition) is 3. The number of imide groups is 1. The number of nitrogens with one attached hydrogen (secondary N) is 2. The molecule has 0 spiro atoms. The summed E-state index contributed by atoms with van der Waals surface area (Å²) >= 11 is 1.74. The fraction of sp³-hybridized carbons (Fsp3) is 0.528. The van der Waals surface area contributed by atoms with Gasteiger partial charge in [0.1, 0.15) is 28.6 Å². The highest BCUT2D eigenvalue weighted by atomic mass is 32.2. The molecule has 0 radical (unpaired) electrons. The van der Waals surface area contributed by atoms with Gasteiger partial charge in [-0.2, -0.15) is 11.8 Å². The van der Waals surface area contributed by atoms with Crippen molar-refractivity contribution in [1.82, 2.24) is 20.2 Å². The van der Waals surface area contributed by atoms with Crippen molar-refractivity contribution < 1.29 is 37.7 Å². The molecule has 4 aliphatic heterocycles. The average Bonchev–Trinajstić information content (AvgIpc) is 3.14. The van der Waals surface area contributed by atoms with Gasteiger partial charge in [-0.25, -0.2) is 18.6 Å². The lowest BCUT2D eigenvalue weighted by Crippen LogP contribution is -2.49. The molecule has 0 atom stereocenters. The maximum Gasteiger partial charge on any atom is 0.328 e. The first kappa shape index (κ1) is 37.5. The van der Waals surface area contributed by atoms with Crippen LogP contribution in [0.15, 0.2) is 35.1 Å². The van der Waals surface area contributed by atoms with Crippen molar-refractivity contribution in [1.29, 1.82) is 0 Å². The number of benzene rings is 2. The number of aromatic amines is 1. The Morgan fingerprint density at radius 2 is 1.69 bits per heavy atom. The van der Waals surface area contributed by atoms with Gasteiger partial charge in [0.2, 0.25) is 5.91 Å². The molecule has 4 saturated heterocycles. The topological polar surface area (TPSA) is 157 Å². The normalized spacial score (nSPS) is 19.7. The van der Waals surface area contributed by atoms with Crippen molar-refractivity contribution in [3.8, 4) is 5.75 Å². The predicted octanol–water partition coefficient (Wildman–Crippen LogP) is 4.52. The van der Waals surface area contributed by atoms with Gasteiger partial charge in [-0.05, 0) is 75.7 Å². The SMILES string of the molecule is O=C1CCN(c2ccc(N3CCC(N4CCC(COc5cc(F)c6c(=O)[nH]c(CSC7CCOCC7)nc6c5)CC4)CC3)c(F)c2)C(=O)N1.O=CO. The Balaban J connectivity index is 0.00000150. The van der Waals surface area contributed by atoms with Gasteiger partial charge in [-0.1, -0.05) is 0 Å². The maximum absolute atomic E-state index is 15.2. The number of urea groups is 1. The minimum Gasteiger partial charge on any atom is -0.493 e. The first-order valence-corrected chi connectivity index (χ1v) is 18.8. The standard InChI is InChI=1S/C35H42F2N6O5S.CH2O2/c36-27-17-24(43-14-7-32(44)40-35(43)46)1-2-30(27)42-12-5-23(6-13-42)41-10-3-22(4-11-41)20-48-25-18-28(37)33-29(19-25)38-31(39-34(33)45)21-49-26-8-15-47-16-9-26;2-1-3/h1-2,17-19,22-23,26H,3-16,20-21H2,(H,38,39,45)(H,40,44,46);1H,(H,2,3). The second-order valence-electron chi connectivity index (χ2n) is 13.4. The third-order valence-electron chi connectivity index (χ3n) is 10.2. The van der Waals surface area contributed by atoms with Crippen LogP contribution in [0, 0.1) is 17.6 Å². The van der Waals surface area contributed by atoms with Crippen LogP contribution < -0.4 is 25.4 Å². The molecule has 16 heteroatoms. The zero-order valence-electron chi connectivity index (χ0n) is 28.9. The first-order valence-electron chi connectivity index (χ1n) is 17.7. The van der Waals surface area contributed by atoms with Gasteiger partial charge in [-0.3, -0.25) is 24.6 Å². The number of H-pyrrole nitrogens is 1. The molecule has 13 nitrogen and oxygen atoms in total. The molecule has 4 aliphatic rings. The largest absolute Gasteiger partial charge is 0.493 e. The molecular weight excluding hydrogens is 698 g/mol. The van der Waals surface area contributed by atoms with Gasteiger partial charge in [0.15, 0.2) is 0 Å². The molecule has 0 aliphatic carbocycles. The lowest BCUT2D eigenvalue weighted by atomic mass is 9.94. The minimum absolute atomic E-state index is 0.0449. The summed E-state index contributed by atoms with van der Waals surface area (Å²) in [7, 11) is 0. The van der Waals surface area contributed by atoms with E-state index >= 15 is 8.78 Å². The Hall–Kier alpha value is -4.28. The van der Waals surface area contributed by atoms with Crippen LogP contribution in [0.2, 0.25) is 0 Å². The van der Waals surface area contributed by atoms with E-state index in [0.717, 1.165) is 77.9 Å². The smallest absolute Gasteiger partial charge is 0.328 e. The molecule has 2 aromatic carbocycles. The molecule has 3 N–H and O–H groups in total. The van der Waals surface area contributed by atoms with Gasteiger partial charge in [0.05, 0.1) is 23.6 Å². The Labute approximate surface area is 304 Å². The summed E-state index contributed by atoms with van der Waals surface area (Å²) in [4.78, 5) is 58.0. The summed E-state index contributed by atoms with van der Waals surface area (Å²) < 4.78 is 41.7. The van der Waals surface area contributed by atoms with E-state index in [9.17, 15) is 14.4 Å². The Bertz CT molecular complexity index is 1790. The second kappa shape index (κ2) is 17.5. The van der Waals surface area contributed by atoms with Crippen LogP contribution in [0.4, 0.5) is 25.0 Å². The number of likely N-dealkylation sites (tertiary alicyclic amines) is 1. The molecule has 0 saturated carbocycles. The monoisotopic (exact) mass is 742 g/mol. The molecule has 280 valence electrons. The van der Waals surface area contributed by atoms with Crippen LogP contribution in [0.3, 0.4) is 0 Å². The van der Waals surface area contributed by atoms with Crippen LogP contribution in [0.5, 0.6) is 5.75 Å². The highest BCUT2D eigenvalue weighted by Gasteiger charge is 2.30. The number of carbonyl (C=O) groups excluding carboxylic acids is 2. The molecule has 0 unspecified atom stereocenters. The Morgan fingerprint density at radius 3 is 2.38 bits per heavy atom. The molecule has 5 heterocycles. The fourth-order valence-electron chi connectivity index (χ4n) is 7.34. The van der Waals surface area contributed by atoms with Crippen LogP contribution >= 0.6 is 11.8 Å². The fourth-order valence-corrected chi connectivity index (χ4v) is 8.40. The average molecular weight is 743 g/mol. The van der Waals surface area contributed by atoms with E-state index in [1.807, 2.05) is 0 Å². The van der Waals surface area contributed by atoms with Gasteiger partial charge < -0.3 is 29.4 Å². The van der Waals surface area contributed by atoms with Crippen LogP contribution in [0.1, 0.15) is 50.8 Å². The number of carbonyl (C=O) groups is 3. The van der Waals surface area contributed by atoms with E-state index in [4.69, 9.17) is 19.4 Å². The lowest BCUT2D eigenvalue weighted by molar-refractivity contribution is -0.123. The second-order valence-corrected chi connectivity index (χ2v) is 14.7. The summed E-state index contributed by atoms with van der Waals surface area (Å²) in [6, 6.07) is 7.68. The molecular formula is C36H44F2N6O7S. The van der Waals surface area contributed by atoms with Crippen LogP contribution in [0.25, 0.3) is 10.9 Å². The van der Waals surface area contributed by atoms with Crippen molar-refractivity contribution in [2.24, 2.45) is 5.92 Å². The molecule has 3 aromatic rings. The van der Waals surface area contributed by atoms with Gasteiger partial charge >= 0.3 is 6.03 Å². The van der Waals surface area contributed by atoms with E-state index in [1.165, 1.54) is 17.0 Å². The molecule has 1 aromatic heterocycles. The highest BCUT2D eigenvalue weighted by Crippen LogP contribution is 2.31. The number of nitrogens with zero attached hydrogens (tertiary/aromatic N) is 4. The Kier molecular flexibility index (Phi) is 12.6. The zero-order chi connectivity index (χ0) is 36.6. The summed E-state index contributed by atoms with van der Waals surface area (Å²) in [5, 5.41) is 9.58. The van der Waals surface area contributed by atoms with Crippen molar-refractivity contribution in [2.75, 3.05) is 62.3 Å². The number of fused-ring (bicyclic) bond motifs is 1. The number of halogens is 2. The number of anilines is 2. The number of piperidine rings is 2. The van der Waals surface area contributed by atoms with Crippen LogP contribution in [-0.4, -0.2) is 102 Å². The van der Waals surface area contributed by atoms with Gasteiger partial charge in [-0.15, -0.1) is 0 Å². The van der Waals surface area contributed by atoms with E-state index in [-0.39, 0.29) is 36.5 Å². The number of rotatable bonds is 9. The highest BCUT2D eigenvalue weighted by molar-refractivity contribution is 7.99. The molecule has 7 rings (SSSR count). The number of hydrogen-bond acceptors (Lipinski definition) is 10. The summed E-state index contributed by atoms with van der Waals surface area (Å²) in [5.41, 5.74) is 0.809. The third-order valence-corrected chi connectivity index (χ3v) is 11.5. The van der Waals surface area contributed by atoms with E-state index in [0.29, 0.717) is 58.0 Å². The predicted molar refractivity (Wildman–Crippen MR) is 193 cm³/mol.